The Morgan fingerprint density at radius 2 is 2.32 bits per heavy atom. The lowest BCUT2D eigenvalue weighted by Gasteiger charge is -2.21. The Bertz CT molecular complexity index is 439. The molecule has 0 aromatic carbocycles. The quantitative estimate of drug-likeness (QED) is 0.795. The Labute approximate surface area is 126 Å². The number of hydrogen-bond acceptors (Lipinski definition) is 6. The van der Waals surface area contributed by atoms with Crippen molar-refractivity contribution in [1.82, 2.24) is 4.98 Å². The molecule has 0 saturated carbocycles. The predicted molar refractivity (Wildman–Crippen MR) is 84.3 cm³/mol. The van der Waals surface area contributed by atoms with Crippen LogP contribution in [0.15, 0.2) is 5.38 Å². The highest BCUT2D eigenvalue weighted by molar-refractivity contribution is 8.06. The van der Waals surface area contributed by atoms with E-state index in [4.69, 9.17) is 9.72 Å². The molecule has 1 unspecified atom stereocenters. The van der Waals surface area contributed by atoms with Gasteiger partial charge in [-0.1, -0.05) is 0 Å². The maximum Gasteiger partial charge on any atom is 0.317 e. The second kappa shape index (κ2) is 6.50. The van der Waals surface area contributed by atoms with Crippen molar-refractivity contribution in [1.29, 1.82) is 0 Å². The molecule has 3 nitrogen and oxygen atoms in total. The molecule has 0 bridgehead atoms. The highest BCUT2D eigenvalue weighted by Gasteiger charge is 2.34. The smallest absolute Gasteiger partial charge is 0.317 e. The van der Waals surface area contributed by atoms with Gasteiger partial charge in [0.15, 0.2) is 0 Å². The number of hydrogen-bond donors (Lipinski definition) is 0. The third-order valence-electron chi connectivity index (χ3n) is 3.04. The molecule has 1 saturated heterocycles. The normalized spacial score (nSPS) is 20.3. The van der Waals surface area contributed by atoms with Crippen molar-refractivity contribution in [2.45, 2.75) is 31.4 Å². The van der Waals surface area contributed by atoms with Crippen molar-refractivity contribution in [3.8, 4) is 0 Å². The van der Waals surface area contributed by atoms with Crippen LogP contribution in [0.3, 0.4) is 0 Å². The SMILES string of the molecule is CCOC(=O)C(C)(C)c1csc(C2CSCCS2)n1. The predicted octanol–water partition coefficient (Wildman–Crippen LogP) is 3.50. The number of rotatable bonds is 4. The first-order chi connectivity index (χ1) is 9.05. The van der Waals surface area contributed by atoms with E-state index in [0.717, 1.165) is 16.5 Å². The zero-order chi connectivity index (χ0) is 13.9. The lowest BCUT2D eigenvalue weighted by atomic mass is 9.90. The van der Waals surface area contributed by atoms with Crippen LogP contribution in [0.4, 0.5) is 0 Å². The third kappa shape index (κ3) is 3.47. The van der Waals surface area contributed by atoms with E-state index in [1.54, 1.807) is 11.3 Å². The standard InChI is InChI=1S/C13H19NO2S3/c1-4-16-12(15)13(2,3)10-8-19-11(14-10)9-7-17-5-6-18-9/h8-9H,4-7H2,1-3H3. The van der Waals surface area contributed by atoms with E-state index in [1.807, 2.05) is 49.7 Å². The fraction of sp³-hybridized carbons (Fsp3) is 0.692. The van der Waals surface area contributed by atoms with Crippen LogP contribution in [0.2, 0.25) is 0 Å². The summed E-state index contributed by atoms with van der Waals surface area (Å²) in [5.74, 6) is 3.34. The lowest BCUT2D eigenvalue weighted by molar-refractivity contribution is -0.148. The van der Waals surface area contributed by atoms with Crippen LogP contribution < -0.4 is 0 Å². The van der Waals surface area contributed by atoms with Crippen molar-refractivity contribution in [3.05, 3.63) is 16.1 Å². The molecular formula is C13H19NO2S3. The molecule has 106 valence electrons. The Morgan fingerprint density at radius 3 is 2.95 bits per heavy atom. The second-order valence-electron chi connectivity index (χ2n) is 4.85. The number of esters is 1. The van der Waals surface area contributed by atoms with E-state index >= 15 is 0 Å². The van der Waals surface area contributed by atoms with Gasteiger partial charge in [-0.3, -0.25) is 4.79 Å². The van der Waals surface area contributed by atoms with Crippen molar-refractivity contribution in [2.24, 2.45) is 0 Å². The van der Waals surface area contributed by atoms with Crippen LogP contribution in [-0.4, -0.2) is 34.8 Å². The van der Waals surface area contributed by atoms with Crippen LogP contribution in [0.25, 0.3) is 0 Å². The summed E-state index contributed by atoms with van der Waals surface area (Å²) in [5, 5.41) is 3.63. The molecule has 2 heterocycles. The van der Waals surface area contributed by atoms with Gasteiger partial charge in [0.25, 0.3) is 0 Å². The van der Waals surface area contributed by atoms with Gasteiger partial charge in [-0.2, -0.15) is 11.8 Å². The number of aromatic nitrogens is 1. The number of carbonyl (C=O) groups is 1. The molecule has 0 spiro atoms. The molecule has 1 aliphatic heterocycles. The summed E-state index contributed by atoms with van der Waals surface area (Å²) in [6, 6.07) is 0. The number of thioether (sulfide) groups is 2. The first-order valence-corrected chi connectivity index (χ1v) is 9.46. The van der Waals surface area contributed by atoms with Gasteiger partial charge < -0.3 is 4.74 Å². The van der Waals surface area contributed by atoms with Crippen LogP contribution in [0, 0.1) is 0 Å². The summed E-state index contributed by atoms with van der Waals surface area (Å²) in [4.78, 5) is 16.7. The first-order valence-electron chi connectivity index (χ1n) is 6.38. The molecule has 1 atom stereocenters. The Kier molecular flexibility index (Phi) is 5.20. The summed E-state index contributed by atoms with van der Waals surface area (Å²) < 4.78 is 5.13. The summed E-state index contributed by atoms with van der Waals surface area (Å²) in [6.07, 6.45) is 0. The largest absolute Gasteiger partial charge is 0.465 e. The summed E-state index contributed by atoms with van der Waals surface area (Å²) in [6.45, 7) is 6.00. The Balaban J connectivity index is 2.13. The monoisotopic (exact) mass is 317 g/mol. The van der Waals surface area contributed by atoms with Gasteiger partial charge in [0.2, 0.25) is 0 Å². The van der Waals surface area contributed by atoms with Gasteiger partial charge in [0.05, 0.1) is 17.6 Å². The van der Waals surface area contributed by atoms with Gasteiger partial charge >= 0.3 is 5.97 Å². The summed E-state index contributed by atoms with van der Waals surface area (Å²) >= 11 is 5.62. The maximum atomic E-state index is 12.0. The molecule has 1 aromatic heterocycles. The fourth-order valence-corrected chi connectivity index (χ4v) is 5.76. The highest BCUT2D eigenvalue weighted by Crippen LogP contribution is 2.39. The van der Waals surface area contributed by atoms with Gasteiger partial charge in [-0.25, -0.2) is 4.98 Å². The molecule has 0 aliphatic carbocycles. The molecule has 0 N–H and O–H groups in total. The molecule has 0 radical (unpaired) electrons. The van der Waals surface area contributed by atoms with Crippen molar-refractivity contribution in [2.75, 3.05) is 23.9 Å². The number of carbonyl (C=O) groups excluding carboxylic acids is 1. The summed E-state index contributed by atoms with van der Waals surface area (Å²) in [5.41, 5.74) is 0.180. The minimum Gasteiger partial charge on any atom is -0.465 e. The van der Waals surface area contributed by atoms with Crippen molar-refractivity contribution >= 4 is 40.8 Å². The second-order valence-corrected chi connectivity index (χ2v) is 8.20. The van der Waals surface area contributed by atoms with Gasteiger partial charge in [0.1, 0.15) is 10.4 Å². The lowest BCUT2D eigenvalue weighted by Crippen LogP contribution is -2.31. The zero-order valence-electron chi connectivity index (χ0n) is 11.5. The Morgan fingerprint density at radius 1 is 1.53 bits per heavy atom. The third-order valence-corrected chi connectivity index (χ3v) is 6.91. The minimum atomic E-state index is -0.656. The molecule has 1 aliphatic rings. The van der Waals surface area contributed by atoms with Crippen LogP contribution in [-0.2, 0) is 14.9 Å². The van der Waals surface area contributed by atoms with Crippen molar-refractivity contribution < 1.29 is 9.53 Å². The Hall–Kier alpha value is -0.200. The number of nitrogens with zero attached hydrogens (tertiary/aromatic N) is 1. The first kappa shape index (κ1) is 15.2. The highest BCUT2D eigenvalue weighted by atomic mass is 32.2. The summed E-state index contributed by atoms with van der Waals surface area (Å²) in [7, 11) is 0. The molecule has 0 amide bonds. The van der Waals surface area contributed by atoms with Crippen LogP contribution in [0.5, 0.6) is 0 Å². The minimum absolute atomic E-state index is 0.197. The van der Waals surface area contributed by atoms with E-state index in [1.165, 1.54) is 11.5 Å². The van der Waals surface area contributed by atoms with Gasteiger partial charge in [-0.05, 0) is 20.8 Å². The van der Waals surface area contributed by atoms with E-state index in [-0.39, 0.29) is 5.97 Å². The zero-order valence-corrected chi connectivity index (χ0v) is 13.9. The van der Waals surface area contributed by atoms with Crippen LogP contribution >= 0.6 is 34.9 Å². The molecular weight excluding hydrogens is 298 g/mol. The molecule has 1 aromatic rings. The van der Waals surface area contributed by atoms with E-state index in [0.29, 0.717) is 11.9 Å². The van der Waals surface area contributed by atoms with Crippen molar-refractivity contribution in [3.63, 3.8) is 0 Å². The topological polar surface area (TPSA) is 39.2 Å². The van der Waals surface area contributed by atoms with E-state index in [2.05, 4.69) is 0 Å². The molecule has 2 rings (SSSR count). The van der Waals surface area contributed by atoms with Gasteiger partial charge in [0, 0.05) is 22.6 Å². The van der Waals surface area contributed by atoms with E-state index in [9.17, 15) is 4.79 Å². The van der Waals surface area contributed by atoms with Gasteiger partial charge in [-0.15, -0.1) is 23.1 Å². The number of ether oxygens (including phenoxy) is 1. The fourth-order valence-electron chi connectivity index (χ4n) is 1.77. The maximum absolute atomic E-state index is 12.0. The average molecular weight is 318 g/mol. The molecule has 1 fully saturated rings. The molecule has 19 heavy (non-hydrogen) atoms. The molecule has 6 heteroatoms. The van der Waals surface area contributed by atoms with Crippen LogP contribution in [0.1, 0.15) is 36.7 Å². The average Bonchev–Trinajstić information content (AvgIpc) is 2.90. The number of thiazole rings is 1. The van der Waals surface area contributed by atoms with E-state index < -0.39 is 5.41 Å².